The van der Waals surface area contributed by atoms with Crippen molar-refractivity contribution in [1.29, 1.82) is 0 Å². The van der Waals surface area contributed by atoms with Gasteiger partial charge in [-0.05, 0) is 54.7 Å². The summed E-state index contributed by atoms with van der Waals surface area (Å²) < 4.78 is 14.7. The summed E-state index contributed by atoms with van der Waals surface area (Å²) in [5.74, 6) is 4.85. The predicted molar refractivity (Wildman–Crippen MR) is 107 cm³/mol. The third-order valence-electron chi connectivity index (χ3n) is 4.51. The summed E-state index contributed by atoms with van der Waals surface area (Å²) in [6, 6.07) is 7.82. The zero-order chi connectivity index (χ0) is 20.3. The molecule has 9 heteroatoms. The average molecular weight is 383 g/mol. The Kier molecular flexibility index (Phi) is 5.44. The molecule has 1 aromatic carbocycles. The van der Waals surface area contributed by atoms with Gasteiger partial charge in [0.15, 0.2) is 5.84 Å². The van der Waals surface area contributed by atoms with Gasteiger partial charge in [0.2, 0.25) is 0 Å². The summed E-state index contributed by atoms with van der Waals surface area (Å²) in [5.41, 5.74) is 13.1. The van der Waals surface area contributed by atoms with Gasteiger partial charge in [0.1, 0.15) is 17.3 Å². The zero-order valence-electron chi connectivity index (χ0n) is 15.4. The Bertz CT molecular complexity index is 967. The molecule has 2 aromatic rings. The van der Waals surface area contributed by atoms with Crippen LogP contribution in [0.15, 0.2) is 47.3 Å². The smallest absolute Gasteiger partial charge is 0.256 e. The van der Waals surface area contributed by atoms with Crippen LogP contribution in [0.3, 0.4) is 0 Å². The maximum atomic E-state index is 14.7. The zero-order valence-corrected chi connectivity index (χ0v) is 15.4. The van der Waals surface area contributed by atoms with E-state index >= 15 is 0 Å². The van der Waals surface area contributed by atoms with Crippen LogP contribution in [0.1, 0.15) is 40.2 Å². The standard InChI is InChI=1S/C19H22FN7O/c1-24-17(16(21)18(22)27-23)13-5-4-12(8-14(13)20)19(28)26-15-9-11(6-7-25-15)10-2-3-10/h4-10,24H,2-3,21,23H2,1H3,(H2,22,27)(H,25,26,28)/b17-16-. The third kappa shape index (κ3) is 4.03. The molecule has 1 heterocycles. The Labute approximate surface area is 161 Å². The summed E-state index contributed by atoms with van der Waals surface area (Å²) in [4.78, 5) is 16.6. The van der Waals surface area contributed by atoms with Crippen molar-refractivity contribution in [2.45, 2.75) is 18.8 Å². The molecule has 0 spiro atoms. The maximum Gasteiger partial charge on any atom is 0.256 e. The number of hydrazone groups is 1. The van der Waals surface area contributed by atoms with Crippen LogP contribution in [-0.2, 0) is 0 Å². The number of nitrogens with two attached hydrogens (primary N) is 3. The number of carbonyl (C=O) groups excluding carboxylic acids is 1. The number of hydrogen-bond acceptors (Lipinski definition) is 6. The van der Waals surface area contributed by atoms with Crippen molar-refractivity contribution in [3.8, 4) is 0 Å². The quantitative estimate of drug-likeness (QED) is 0.221. The molecular weight excluding hydrogens is 361 g/mol. The molecule has 0 saturated heterocycles. The molecule has 0 atom stereocenters. The Morgan fingerprint density at radius 3 is 2.61 bits per heavy atom. The van der Waals surface area contributed by atoms with E-state index in [9.17, 15) is 9.18 Å². The van der Waals surface area contributed by atoms with Gasteiger partial charge in [0.05, 0.1) is 5.70 Å². The lowest BCUT2D eigenvalue weighted by Crippen LogP contribution is -2.27. The minimum absolute atomic E-state index is 0.00203. The second-order valence-corrected chi connectivity index (χ2v) is 6.45. The van der Waals surface area contributed by atoms with E-state index in [2.05, 4.69) is 20.7 Å². The summed E-state index contributed by atoms with van der Waals surface area (Å²) in [7, 11) is 1.56. The van der Waals surface area contributed by atoms with E-state index in [1.54, 1.807) is 13.2 Å². The van der Waals surface area contributed by atoms with E-state index < -0.39 is 11.7 Å². The van der Waals surface area contributed by atoms with Crippen LogP contribution in [0.5, 0.6) is 0 Å². The Balaban J connectivity index is 1.83. The third-order valence-corrected chi connectivity index (χ3v) is 4.51. The van der Waals surface area contributed by atoms with Gasteiger partial charge in [0, 0.05) is 24.4 Å². The number of aromatic nitrogens is 1. The second-order valence-electron chi connectivity index (χ2n) is 6.45. The molecule has 1 aliphatic rings. The molecule has 0 radical (unpaired) electrons. The van der Waals surface area contributed by atoms with Gasteiger partial charge >= 0.3 is 0 Å². The highest BCUT2D eigenvalue weighted by Gasteiger charge is 2.24. The van der Waals surface area contributed by atoms with Gasteiger partial charge in [-0.3, -0.25) is 4.79 Å². The van der Waals surface area contributed by atoms with Crippen molar-refractivity contribution in [2.75, 3.05) is 12.4 Å². The molecule has 1 saturated carbocycles. The largest absolute Gasteiger partial charge is 0.394 e. The Hall–Kier alpha value is -3.62. The number of hydrogen-bond donors (Lipinski definition) is 5. The highest BCUT2D eigenvalue weighted by molar-refractivity contribution is 6.05. The van der Waals surface area contributed by atoms with Crippen molar-refractivity contribution in [1.82, 2.24) is 10.3 Å². The van der Waals surface area contributed by atoms with Crippen molar-refractivity contribution in [2.24, 2.45) is 22.4 Å². The van der Waals surface area contributed by atoms with Gasteiger partial charge in [-0.25, -0.2) is 9.37 Å². The molecule has 146 valence electrons. The van der Waals surface area contributed by atoms with Crippen LogP contribution >= 0.6 is 0 Å². The molecule has 8 N–H and O–H groups in total. The van der Waals surface area contributed by atoms with E-state index in [4.69, 9.17) is 17.3 Å². The summed E-state index contributed by atoms with van der Waals surface area (Å²) >= 11 is 0. The molecule has 0 bridgehead atoms. The average Bonchev–Trinajstić information content (AvgIpc) is 3.54. The van der Waals surface area contributed by atoms with E-state index in [1.165, 1.54) is 12.1 Å². The number of amidine groups is 1. The molecule has 3 rings (SSSR count). The first-order valence-electron chi connectivity index (χ1n) is 8.73. The van der Waals surface area contributed by atoms with Gasteiger partial charge in [-0.2, -0.15) is 5.10 Å². The number of nitrogens with zero attached hydrogens (tertiary/aromatic N) is 2. The van der Waals surface area contributed by atoms with Crippen molar-refractivity contribution >= 4 is 23.3 Å². The summed E-state index contributed by atoms with van der Waals surface area (Å²) in [5, 5.41) is 8.78. The van der Waals surface area contributed by atoms with E-state index in [1.807, 2.05) is 12.1 Å². The minimum Gasteiger partial charge on any atom is -0.394 e. The fraction of sp³-hybridized carbons (Fsp3) is 0.211. The molecule has 28 heavy (non-hydrogen) atoms. The fourth-order valence-electron chi connectivity index (χ4n) is 2.85. The summed E-state index contributed by atoms with van der Waals surface area (Å²) in [6.07, 6.45) is 3.95. The lowest BCUT2D eigenvalue weighted by atomic mass is 10.1. The lowest BCUT2D eigenvalue weighted by molar-refractivity contribution is 0.102. The molecule has 1 fully saturated rings. The highest BCUT2D eigenvalue weighted by Crippen LogP contribution is 2.40. The second kappa shape index (κ2) is 7.95. The first-order valence-corrected chi connectivity index (χ1v) is 8.73. The van der Waals surface area contributed by atoms with Crippen molar-refractivity contribution < 1.29 is 9.18 Å². The van der Waals surface area contributed by atoms with E-state index in [0.717, 1.165) is 24.5 Å². The van der Waals surface area contributed by atoms with Crippen LogP contribution in [0, 0.1) is 5.82 Å². The number of halogens is 1. The molecular formula is C19H22FN7O. The molecule has 1 amide bonds. The highest BCUT2D eigenvalue weighted by atomic mass is 19.1. The van der Waals surface area contributed by atoms with E-state index in [0.29, 0.717) is 11.7 Å². The Morgan fingerprint density at radius 1 is 1.25 bits per heavy atom. The van der Waals surface area contributed by atoms with Crippen molar-refractivity contribution in [3.05, 3.63) is 64.7 Å². The van der Waals surface area contributed by atoms with Crippen LogP contribution in [0.25, 0.3) is 5.70 Å². The normalized spacial score (nSPS) is 15.0. The SMILES string of the molecule is CN/C(=C(N)/C(N)=N\N)c1ccc(C(=O)Nc2cc(C3CC3)ccn2)cc1F. The van der Waals surface area contributed by atoms with Gasteiger partial charge in [-0.1, -0.05) is 0 Å². The number of anilines is 1. The van der Waals surface area contributed by atoms with Crippen LogP contribution in [0.2, 0.25) is 0 Å². The first-order chi connectivity index (χ1) is 13.4. The van der Waals surface area contributed by atoms with Crippen LogP contribution in [-0.4, -0.2) is 23.8 Å². The molecule has 0 unspecified atom stereocenters. The van der Waals surface area contributed by atoms with Gasteiger partial charge < -0.3 is 27.9 Å². The maximum absolute atomic E-state index is 14.7. The number of pyridine rings is 1. The number of nitrogens with one attached hydrogen (secondary N) is 2. The van der Waals surface area contributed by atoms with Gasteiger partial charge in [-0.15, -0.1) is 0 Å². The van der Waals surface area contributed by atoms with Crippen molar-refractivity contribution in [3.63, 3.8) is 0 Å². The monoisotopic (exact) mass is 383 g/mol. The van der Waals surface area contributed by atoms with Crippen LogP contribution < -0.4 is 27.9 Å². The minimum atomic E-state index is -0.649. The fourth-order valence-corrected chi connectivity index (χ4v) is 2.85. The number of carbonyl (C=O) groups is 1. The summed E-state index contributed by atoms with van der Waals surface area (Å²) in [6.45, 7) is 0. The van der Waals surface area contributed by atoms with Crippen LogP contribution in [0.4, 0.5) is 10.2 Å². The lowest BCUT2D eigenvalue weighted by Gasteiger charge is -2.13. The number of benzene rings is 1. The van der Waals surface area contributed by atoms with E-state index in [-0.39, 0.29) is 28.4 Å². The predicted octanol–water partition coefficient (Wildman–Crippen LogP) is 1.43. The molecule has 0 aliphatic heterocycles. The molecule has 1 aliphatic carbocycles. The topological polar surface area (TPSA) is 144 Å². The number of rotatable bonds is 6. The first kappa shape index (κ1) is 19.2. The number of amides is 1. The Morgan fingerprint density at radius 2 is 2.00 bits per heavy atom. The van der Waals surface area contributed by atoms with Gasteiger partial charge in [0.25, 0.3) is 5.91 Å². The molecule has 1 aromatic heterocycles. The molecule has 8 nitrogen and oxygen atoms in total.